The highest BCUT2D eigenvalue weighted by molar-refractivity contribution is 5.96. The van der Waals surface area contributed by atoms with Crippen LogP contribution in [0.3, 0.4) is 0 Å². The van der Waals surface area contributed by atoms with Gasteiger partial charge in [0.05, 0.1) is 10.9 Å². The molecule has 1 fully saturated rings. The largest absolute Gasteiger partial charge is 0.335 e. The van der Waals surface area contributed by atoms with Crippen LogP contribution < -0.4 is 0 Å². The van der Waals surface area contributed by atoms with Crippen molar-refractivity contribution in [3.8, 4) is 33.8 Å². The summed E-state index contributed by atoms with van der Waals surface area (Å²) in [4.78, 5) is 23.7. The first-order chi connectivity index (χ1) is 19.5. The quantitative estimate of drug-likeness (QED) is 0.295. The third-order valence-corrected chi connectivity index (χ3v) is 7.52. The van der Waals surface area contributed by atoms with Crippen molar-refractivity contribution in [3.63, 3.8) is 0 Å². The number of pyridine rings is 3. The third-order valence-electron chi connectivity index (χ3n) is 7.52. The number of aromatic nitrogens is 7. The molecule has 0 bridgehead atoms. The van der Waals surface area contributed by atoms with Gasteiger partial charge in [-0.3, -0.25) is 9.88 Å². The molecule has 0 unspecified atom stereocenters. The molecule has 6 heterocycles. The molecule has 1 N–H and O–H groups in total. The molecule has 0 saturated carbocycles. The molecule has 10 heteroatoms. The summed E-state index contributed by atoms with van der Waals surface area (Å²) in [5.41, 5.74) is 5.53. The van der Waals surface area contributed by atoms with E-state index in [-0.39, 0.29) is 11.2 Å². The lowest BCUT2D eigenvalue weighted by atomic mass is 10.0. The summed E-state index contributed by atoms with van der Waals surface area (Å²) in [6.07, 6.45) is 10.4. The van der Waals surface area contributed by atoms with Gasteiger partial charge in [-0.15, -0.1) is 0 Å². The van der Waals surface area contributed by atoms with E-state index in [0.717, 1.165) is 36.3 Å². The van der Waals surface area contributed by atoms with Crippen LogP contribution in [-0.2, 0) is 13.6 Å². The number of piperidine rings is 1. The van der Waals surface area contributed by atoms with Crippen LogP contribution in [0.25, 0.3) is 56.0 Å². The van der Waals surface area contributed by atoms with E-state index in [0.29, 0.717) is 39.5 Å². The van der Waals surface area contributed by atoms with Gasteiger partial charge in [-0.25, -0.2) is 28.4 Å². The molecule has 0 radical (unpaired) electrons. The summed E-state index contributed by atoms with van der Waals surface area (Å²) < 4.78 is 31.4. The number of aromatic amines is 1. The molecule has 0 spiro atoms. The average Bonchev–Trinajstić information content (AvgIpc) is 3.56. The van der Waals surface area contributed by atoms with Crippen molar-refractivity contribution in [1.29, 1.82) is 0 Å². The topological polar surface area (TPSA) is 88.4 Å². The zero-order chi connectivity index (χ0) is 27.2. The first kappa shape index (κ1) is 24.5. The molecular formula is C30H26F2N8. The van der Waals surface area contributed by atoms with E-state index in [9.17, 15) is 4.39 Å². The second-order valence-electron chi connectivity index (χ2n) is 10.2. The SMILES string of the molecule is Cn1nc(-c2nc3nccc(-c4ccc(F)cc4)c3[nH]2)c2c(F)c(-c3cncc(CN4CCCCC4)c3)cnc21. The van der Waals surface area contributed by atoms with Gasteiger partial charge in [0.15, 0.2) is 17.1 Å². The van der Waals surface area contributed by atoms with Crippen LogP contribution in [0.1, 0.15) is 24.8 Å². The summed E-state index contributed by atoms with van der Waals surface area (Å²) in [5.74, 6) is -0.375. The van der Waals surface area contributed by atoms with E-state index in [1.54, 1.807) is 36.3 Å². The highest BCUT2D eigenvalue weighted by atomic mass is 19.1. The number of hydrogen-bond donors (Lipinski definition) is 1. The minimum atomic E-state index is -0.433. The number of imidazole rings is 1. The van der Waals surface area contributed by atoms with Crippen molar-refractivity contribution in [1.82, 2.24) is 39.6 Å². The Bertz CT molecular complexity index is 1850. The van der Waals surface area contributed by atoms with Gasteiger partial charge >= 0.3 is 0 Å². The van der Waals surface area contributed by atoms with Crippen LogP contribution in [0.5, 0.6) is 0 Å². The Hall–Kier alpha value is -4.57. The number of nitrogens with one attached hydrogen (secondary N) is 1. The normalized spacial score (nSPS) is 14.4. The summed E-state index contributed by atoms with van der Waals surface area (Å²) in [7, 11) is 1.73. The molecule has 1 saturated heterocycles. The molecule has 40 heavy (non-hydrogen) atoms. The Kier molecular flexibility index (Phi) is 6.04. The van der Waals surface area contributed by atoms with E-state index in [4.69, 9.17) is 0 Å². The first-order valence-electron chi connectivity index (χ1n) is 13.3. The van der Waals surface area contributed by atoms with E-state index in [1.807, 2.05) is 18.3 Å². The molecule has 1 aliphatic rings. The maximum atomic E-state index is 16.3. The lowest BCUT2D eigenvalue weighted by Crippen LogP contribution is -2.29. The second-order valence-corrected chi connectivity index (χ2v) is 10.2. The average molecular weight is 537 g/mol. The summed E-state index contributed by atoms with van der Waals surface area (Å²) in [6, 6.07) is 10.0. The molecular weight excluding hydrogens is 510 g/mol. The number of hydrogen-bond acceptors (Lipinski definition) is 6. The molecule has 1 aromatic carbocycles. The van der Waals surface area contributed by atoms with E-state index in [2.05, 4.69) is 34.9 Å². The fourth-order valence-electron chi connectivity index (χ4n) is 5.54. The van der Waals surface area contributed by atoms with Crippen molar-refractivity contribution >= 4 is 22.2 Å². The van der Waals surface area contributed by atoms with Crippen LogP contribution >= 0.6 is 0 Å². The predicted octanol–water partition coefficient (Wildman–Crippen LogP) is 5.90. The number of likely N-dealkylation sites (tertiary alicyclic amines) is 1. The van der Waals surface area contributed by atoms with Gasteiger partial charge in [-0.1, -0.05) is 18.6 Å². The highest BCUT2D eigenvalue weighted by Crippen LogP contribution is 2.35. The van der Waals surface area contributed by atoms with Crippen LogP contribution in [0.4, 0.5) is 8.78 Å². The summed E-state index contributed by atoms with van der Waals surface area (Å²) in [5, 5.41) is 4.85. The number of benzene rings is 1. The van der Waals surface area contributed by atoms with E-state index < -0.39 is 5.82 Å². The predicted molar refractivity (Wildman–Crippen MR) is 149 cm³/mol. The minimum absolute atomic E-state index is 0.267. The molecule has 6 aromatic rings. The first-order valence-corrected chi connectivity index (χ1v) is 13.3. The summed E-state index contributed by atoms with van der Waals surface area (Å²) >= 11 is 0. The Labute approximate surface area is 228 Å². The third kappa shape index (κ3) is 4.30. The number of nitrogens with zero attached hydrogens (tertiary/aromatic N) is 7. The van der Waals surface area contributed by atoms with Crippen LogP contribution in [0.15, 0.2) is 61.2 Å². The molecule has 8 nitrogen and oxygen atoms in total. The molecule has 0 amide bonds. The molecule has 7 rings (SSSR count). The molecule has 5 aromatic heterocycles. The van der Waals surface area contributed by atoms with Crippen molar-refractivity contribution in [2.45, 2.75) is 25.8 Å². The number of rotatable bonds is 5. The monoisotopic (exact) mass is 536 g/mol. The van der Waals surface area contributed by atoms with Gasteiger partial charge in [0.2, 0.25) is 0 Å². The van der Waals surface area contributed by atoms with Gasteiger partial charge < -0.3 is 4.98 Å². The van der Waals surface area contributed by atoms with Crippen molar-refractivity contribution in [2.24, 2.45) is 7.05 Å². The zero-order valence-electron chi connectivity index (χ0n) is 21.9. The number of halogens is 2. The van der Waals surface area contributed by atoms with Crippen molar-refractivity contribution in [2.75, 3.05) is 13.1 Å². The minimum Gasteiger partial charge on any atom is -0.335 e. The fraction of sp³-hybridized carbons (Fsp3) is 0.233. The van der Waals surface area contributed by atoms with E-state index >= 15 is 4.39 Å². The van der Waals surface area contributed by atoms with Crippen molar-refractivity contribution in [3.05, 3.63) is 78.4 Å². The Morgan fingerprint density at radius 3 is 2.55 bits per heavy atom. The van der Waals surface area contributed by atoms with E-state index in [1.165, 1.54) is 37.6 Å². The molecule has 200 valence electrons. The number of fused-ring (bicyclic) bond motifs is 2. The lowest BCUT2D eigenvalue weighted by Gasteiger charge is -2.26. The molecule has 1 aliphatic heterocycles. The van der Waals surface area contributed by atoms with Crippen LogP contribution in [-0.4, -0.2) is 52.7 Å². The Balaban J connectivity index is 1.31. The number of aryl methyl sites for hydroxylation is 1. The van der Waals surface area contributed by atoms with Gasteiger partial charge in [0.1, 0.15) is 17.3 Å². The lowest BCUT2D eigenvalue weighted by molar-refractivity contribution is 0.220. The van der Waals surface area contributed by atoms with Crippen LogP contribution in [0, 0.1) is 11.6 Å². The van der Waals surface area contributed by atoms with Gasteiger partial charge in [0.25, 0.3) is 0 Å². The van der Waals surface area contributed by atoms with Gasteiger partial charge in [0, 0.05) is 55.1 Å². The second kappa shape index (κ2) is 9.87. The molecule has 0 atom stereocenters. The van der Waals surface area contributed by atoms with Gasteiger partial charge in [-0.05, 0) is 61.3 Å². The van der Waals surface area contributed by atoms with Crippen LogP contribution in [0.2, 0.25) is 0 Å². The number of H-pyrrole nitrogens is 1. The molecule has 0 aliphatic carbocycles. The van der Waals surface area contributed by atoms with Crippen molar-refractivity contribution < 1.29 is 8.78 Å². The fourth-order valence-corrected chi connectivity index (χ4v) is 5.54. The maximum absolute atomic E-state index is 16.3. The Morgan fingerprint density at radius 2 is 1.73 bits per heavy atom. The smallest absolute Gasteiger partial charge is 0.178 e. The summed E-state index contributed by atoms with van der Waals surface area (Å²) in [6.45, 7) is 2.93. The highest BCUT2D eigenvalue weighted by Gasteiger charge is 2.23. The Morgan fingerprint density at radius 1 is 0.900 bits per heavy atom. The standard InChI is InChI=1S/C30H26F2N8/c1-39-30-24(25(32)23(16-35-30)20-13-18(14-33-15-20)17-40-11-3-2-4-12-40)27(38-39)29-36-26-22(9-10-34-28(26)37-29)19-5-7-21(31)8-6-19/h5-10,13-16H,2-4,11-12,17H2,1H3,(H,34,36,37). The maximum Gasteiger partial charge on any atom is 0.178 e. The van der Waals surface area contributed by atoms with Gasteiger partial charge in [-0.2, -0.15) is 5.10 Å². The zero-order valence-corrected chi connectivity index (χ0v) is 21.9.